The Kier molecular flexibility index (Phi) is 6.49. The molecule has 2 aromatic carbocycles. The van der Waals surface area contributed by atoms with Crippen molar-refractivity contribution < 1.29 is 13.9 Å². The minimum atomic E-state index is -0.0576. The number of thioether (sulfide) groups is 1. The highest BCUT2D eigenvalue weighted by molar-refractivity contribution is 7.99. The first kappa shape index (κ1) is 19.0. The summed E-state index contributed by atoms with van der Waals surface area (Å²) in [6, 6.07) is 15.5. The maximum absolute atomic E-state index is 12.0. The van der Waals surface area contributed by atoms with Gasteiger partial charge in [0.1, 0.15) is 5.75 Å². The Labute approximate surface area is 162 Å². The van der Waals surface area contributed by atoms with E-state index >= 15 is 0 Å². The van der Waals surface area contributed by atoms with E-state index in [0.717, 1.165) is 17.7 Å². The van der Waals surface area contributed by atoms with Gasteiger partial charge in [0, 0.05) is 12.1 Å². The van der Waals surface area contributed by atoms with Crippen LogP contribution in [0.1, 0.15) is 11.1 Å². The van der Waals surface area contributed by atoms with Crippen LogP contribution in [0.3, 0.4) is 0 Å². The fourth-order valence-electron chi connectivity index (χ4n) is 2.52. The van der Waals surface area contributed by atoms with E-state index in [1.807, 2.05) is 36.4 Å². The Bertz CT molecular complexity index is 893. The van der Waals surface area contributed by atoms with E-state index in [4.69, 9.17) is 9.15 Å². The fourth-order valence-corrected chi connectivity index (χ4v) is 3.12. The molecule has 0 spiro atoms. The molecule has 1 amide bonds. The van der Waals surface area contributed by atoms with Crippen LogP contribution in [0.15, 0.2) is 58.2 Å². The summed E-state index contributed by atoms with van der Waals surface area (Å²) >= 11 is 1.22. The van der Waals surface area contributed by atoms with E-state index in [2.05, 4.69) is 34.6 Å². The highest BCUT2D eigenvalue weighted by Crippen LogP contribution is 2.24. The summed E-state index contributed by atoms with van der Waals surface area (Å²) in [4.78, 5) is 12.0. The van der Waals surface area contributed by atoms with Crippen molar-refractivity contribution in [1.82, 2.24) is 15.5 Å². The number of nitrogens with zero attached hydrogens (tertiary/aromatic N) is 2. The summed E-state index contributed by atoms with van der Waals surface area (Å²) in [7, 11) is 1.61. The third-order valence-electron chi connectivity index (χ3n) is 4.05. The second-order valence-electron chi connectivity index (χ2n) is 5.92. The standard InChI is InChI=1S/C20H21N3O3S/c1-14-5-3-4-6-15(14)11-12-21-18(24)13-27-20-23-22-19(26-20)16-7-9-17(25-2)10-8-16/h3-10H,11-13H2,1-2H3,(H,21,24). The van der Waals surface area contributed by atoms with Gasteiger partial charge in [0.05, 0.1) is 12.9 Å². The van der Waals surface area contributed by atoms with Crippen molar-refractivity contribution in [3.63, 3.8) is 0 Å². The Morgan fingerprint density at radius 2 is 1.93 bits per heavy atom. The first-order valence-corrected chi connectivity index (χ1v) is 9.56. The van der Waals surface area contributed by atoms with Crippen molar-refractivity contribution in [1.29, 1.82) is 0 Å². The van der Waals surface area contributed by atoms with Crippen molar-refractivity contribution in [3.8, 4) is 17.2 Å². The lowest BCUT2D eigenvalue weighted by Gasteiger charge is -2.06. The molecule has 1 heterocycles. The maximum atomic E-state index is 12.0. The first-order valence-electron chi connectivity index (χ1n) is 8.57. The SMILES string of the molecule is COc1ccc(-c2nnc(SCC(=O)NCCc3ccccc3C)o2)cc1. The van der Waals surface area contributed by atoms with Gasteiger partial charge in [-0.3, -0.25) is 4.79 Å². The van der Waals surface area contributed by atoms with Gasteiger partial charge < -0.3 is 14.5 Å². The Morgan fingerprint density at radius 3 is 2.67 bits per heavy atom. The summed E-state index contributed by atoms with van der Waals surface area (Å²) < 4.78 is 10.7. The molecule has 0 unspecified atom stereocenters. The lowest BCUT2D eigenvalue weighted by molar-refractivity contribution is -0.118. The Morgan fingerprint density at radius 1 is 1.15 bits per heavy atom. The maximum Gasteiger partial charge on any atom is 0.277 e. The molecule has 0 aliphatic carbocycles. The second kappa shape index (κ2) is 9.23. The van der Waals surface area contributed by atoms with E-state index in [-0.39, 0.29) is 11.7 Å². The molecule has 0 saturated heterocycles. The van der Waals surface area contributed by atoms with E-state index in [0.29, 0.717) is 17.7 Å². The summed E-state index contributed by atoms with van der Waals surface area (Å²) in [5.41, 5.74) is 3.28. The first-order chi connectivity index (χ1) is 13.2. The van der Waals surface area contributed by atoms with Gasteiger partial charge in [0.25, 0.3) is 5.22 Å². The van der Waals surface area contributed by atoms with Crippen molar-refractivity contribution in [2.45, 2.75) is 18.6 Å². The molecule has 6 nitrogen and oxygen atoms in total. The number of carbonyl (C=O) groups is 1. The van der Waals surface area contributed by atoms with Crippen LogP contribution >= 0.6 is 11.8 Å². The predicted octanol–water partition coefficient (Wildman–Crippen LogP) is 3.50. The van der Waals surface area contributed by atoms with Gasteiger partial charge in [-0.15, -0.1) is 10.2 Å². The van der Waals surface area contributed by atoms with Crippen molar-refractivity contribution in [3.05, 3.63) is 59.7 Å². The number of hydrogen-bond acceptors (Lipinski definition) is 6. The largest absolute Gasteiger partial charge is 0.497 e. The number of nitrogens with one attached hydrogen (secondary N) is 1. The molecule has 1 aromatic heterocycles. The van der Waals surface area contributed by atoms with Gasteiger partial charge >= 0.3 is 0 Å². The zero-order chi connectivity index (χ0) is 19.1. The smallest absolute Gasteiger partial charge is 0.277 e. The molecule has 3 rings (SSSR count). The van der Waals surface area contributed by atoms with Crippen molar-refractivity contribution in [2.75, 3.05) is 19.4 Å². The average molecular weight is 383 g/mol. The molecule has 27 heavy (non-hydrogen) atoms. The van der Waals surface area contributed by atoms with Gasteiger partial charge in [0.2, 0.25) is 11.8 Å². The number of hydrogen-bond donors (Lipinski definition) is 1. The molecule has 0 aliphatic rings. The molecule has 140 valence electrons. The van der Waals surface area contributed by atoms with Gasteiger partial charge in [-0.1, -0.05) is 36.0 Å². The van der Waals surface area contributed by atoms with Crippen LogP contribution < -0.4 is 10.1 Å². The third-order valence-corrected chi connectivity index (χ3v) is 4.87. The number of ether oxygens (including phenoxy) is 1. The molecule has 0 bridgehead atoms. The van der Waals surface area contributed by atoms with Crippen LogP contribution in [-0.2, 0) is 11.2 Å². The van der Waals surface area contributed by atoms with E-state index in [1.165, 1.54) is 22.9 Å². The number of rotatable bonds is 8. The zero-order valence-corrected chi connectivity index (χ0v) is 16.1. The topological polar surface area (TPSA) is 77.2 Å². The van der Waals surface area contributed by atoms with E-state index in [9.17, 15) is 4.79 Å². The van der Waals surface area contributed by atoms with Crippen molar-refractivity contribution >= 4 is 17.7 Å². The number of methoxy groups -OCH3 is 1. The Balaban J connectivity index is 1.45. The highest BCUT2D eigenvalue weighted by atomic mass is 32.2. The van der Waals surface area contributed by atoms with Crippen LogP contribution in [0.25, 0.3) is 11.5 Å². The van der Waals surface area contributed by atoms with Crippen molar-refractivity contribution in [2.24, 2.45) is 0 Å². The Hall–Kier alpha value is -2.80. The lowest BCUT2D eigenvalue weighted by atomic mass is 10.1. The molecule has 3 aromatic rings. The van der Waals surface area contributed by atoms with Gasteiger partial charge in [0.15, 0.2) is 0 Å². The molecule has 0 fully saturated rings. The lowest BCUT2D eigenvalue weighted by Crippen LogP contribution is -2.27. The van der Waals surface area contributed by atoms with Gasteiger partial charge in [-0.05, 0) is 48.7 Å². The number of aryl methyl sites for hydroxylation is 1. The minimum absolute atomic E-state index is 0.0576. The summed E-state index contributed by atoms with van der Waals surface area (Å²) in [6.07, 6.45) is 0.811. The van der Waals surface area contributed by atoms with Crippen LogP contribution in [-0.4, -0.2) is 35.5 Å². The molecule has 7 heteroatoms. The van der Waals surface area contributed by atoms with Crippen LogP contribution in [0.2, 0.25) is 0 Å². The number of carbonyl (C=O) groups excluding carboxylic acids is 1. The monoisotopic (exact) mass is 383 g/mol. The number of benzene rings is 2. The molecular formula is C20H21N3O3S. The van der Waals surface area contributed by atoms with E-state index < -0.39 is 0 Å². The fraction of sp³-hybridized carbons (Fsp3) is 0.250. The van der Waals surface area contributed by atoms with Gasteiger partial charge in [-0.25, -0.2) is 0 Å². The minimum Gasteiger partial charge on any atom is -0.497 e. The van der Waals surface area contributed by atoms with Gasteiger partial charge in [-0.2, -0.15) is 0 Å². The molecule has 0 radical (unpaired) electrons. The van der Waals surface area contributed by atoms with E-state index in [1.54, 1.807) is 7.11 Å². The molecule has 0 saturated carbocycles. The molecule has 1 N–H and O–H groups in total. The zero-order valence-electron chi connectivity index (χ0n) is 15.3. The molecular weight excluding hydrogens is 362 g/mol. The average Bonchev–Trinajstić information content (AvgIpc) is 3.17. The van der Waals surface area contributed by atoms with Crippen LogP contribution in [0.4, 0.5) is 0 Å². The third kappa shape index (κ3) is 5.34. The second-order valence-corrected chi connectivity index (χ2v) is 6.84. The van der Waals surface area contributed by atoms with Crippen LogP contribution in [0.5, 0.6) is 5.75 Å². The number of aromatic nitrogens is 2. The normalized spacial score (nSPS) is 10.6. The van der Waals surface area contributed by atoms with Crippen LogP contribution in [0, 0.1) is 6.92 Å². The molecule has 0 atom stereocenters. The predicted molar refractivity (Wildman–Crippen MR) is 105 cm³/mol. The summed E-state index contributed by atoms with van der Waals surface area (Å²) in [5, 5.41) is 11.3. The molecule has 0 aliphatic heterocycles. The number of amides is 1. The highest BCUT2D eigenvalue weighted by Gasteiger charge is 2.11. The summed E-state index contributed by atoms with van der Waals surface area (Å²) in [5.74, 6) is 1.35. The summed E-state index contributed by atoms with van der Waals surface area (Å²) in [6.45, 7) is 2.67. The quantitative estimate of drug-likeness (QED) is 0.600.